The Morgan fingerprint density at radius 2 is 1.75 bits per heavy atom. The summed E-state index contributed by atoms with van der Waals surface area (Å²) in [6, 6.07) is 9.68. The van der Waals surface area contributed by atoms with Crippen LogP contribution in [0.25, 0.3) is 0 Å². The van der Waals surface area contributed by atoms with Crippen LogP contribution in [-0.4, -0.2) is 47.5 Å². The van der Waals surface area contributed by atoms with E-state index in [1.165, 1.54) is 43.6 Å². The van der Waals surface area contributed by atoms with Crippen molar-refractivity contribution in [2.45, 2.75) is 50.6 Å². The molecule has 2 fully saturated rings. The summed E-state index contributed by atoms with van der Waals surface area (Å²) < 4.78 is 0. The van der Waals surface area contributed by atoms with E-state index in [9.17, 15) is 4.79 Å². The van der Waals surface area contributed by atoms with Crippen LogP contribution in [0.5, 0.6) is 0 Å². The number of hydrogen-bond acceptors (Lipinski definition) is 4. The van der Waals surface area contributed by atoms with Crippen molar-refractivity contribution in [2.24, 2.45) is 11.7 Å². The number of carbonyl (C=O) groups is 1. The Labute approximate surface area is 186 Å². The molecule has 160 valence electrons. The van der Waals surface area contributed by atoms with E-state index in [1.54, 1.807) is 0 Å². The lowest BCUT2D eigenvalue weighted by Gasteiger charge is -2.48. The third-order valence-corrected chi connectivity index (χ3v) is 7.14. The van der Waals surface area contributed by atoms with Crippen LogP contribution in [0.3, 0.4) is 0 Å². The molecular formula is C21H35Cl2N3OS. The lowest BCUT2D eigenvalue weighted by atomic mass is 9.79. The number of nitrogens with zero attached hydrogens (tertiary/aromatic N) is 1. The minimum Gasteiger partial charge on any atom is -0.354 e. The molecule has 0 bridgehead atoms. The Kier molecular flexibility index (Phi) is 11.2. The lowest BCUT2D eigenvalue weighted by Crippen LogP contribution is -2.59. The van der Waals surface area contributed by atoms with Crippen LogP contribution in [0.2, 0.25) is 0 Å². The fourth-order valence-corrected chi connectivity index (χ4v) is 5.30. The van der Waals surface area contributed by atoms with Gasteiger partial charge in [0.1, 0.15) is 0 Å². The van der Waals surface area contributed by atoms with Gasteiger partial charge in [0, 0.05) is 42.7 Å². The lowest BCUT2D eigenvalue weighted by molar-refractivity contribution is -0.126. The summed E-state index contributed by atoms with van der Waals surface area (Å²) in [5.41, 5.74) is 7.53. The van der Waals surface area contributed by atoms with Gasteiger partial charge < -0.3 is 11.1 Å². The summed E-state index contributed by atoms with van der Waals surface area (Å²) in [5.74, 6) is 2.28. The summed E-state index contributed by atoms with van der Waals surface area (Å²) >= 11 is 2.05. The zero-order chi connectivity index (χ0) is 18.4. The predicted molar refractivity (Wildman–Crippen MR) is 125 cm³/mol. The highest BCUT2D eigenvalue weighted by Gasteiger charge is 2.39. The second kappa shape index (κ2) is 12.3. The van der Waals surface area contributed by atoms with Gasteiger partial charge in [0.05, 0.1) is 5.92 Å². The Morgan fingerprint density at radius 1 is 1.14 bits per heavy atom. The van der Waals surface area contributed by atoms with E-state index >= 15 is 0 Å². The predicted octanol–water partition coefficient (Wildman–Crippen LogP) is 4.03. The van der Waals surface area contributed by atoms with E-state index in [1.807, 2.05) is 49.0 Å². The van der Waals surface area contributed by atoms with Gasteiger partial charge >= 0.3 is 0 Å². The summed E-state index contributed by atoms with van der Waals surface area (Å²) in [4.78, 5) is 15.5. The van der Waals surface area contributed by atoms with Crippen LogP contribution in [0.15, 0.2) is 30.3 Å². The molecule has 7 heteroatoms. The quantitative estimate of drug-likeness (QED) is 0.690. The van der Waals surface area contributed by atoms with Gasteiger partial charge in [-0.25, -0.2) is 0 Å². The van der Waals surface area contributed by atoms with Crippen LogP contribution < -0.4 is 11.1 Å². The van der Waals surface area contributed by atoms with Crippen molar-refractivity contribution in [1.82, 2.24) is 10.2 Å². The molecule has 1 saturated heterocycles. The Hall–Kier alpha value is -0.460. The van der Waals surface area contributed by atoms with Crippen molar-refractivity contribution < 1.29 is 4.79 Å². The normalized spacial score (nSPS) is 21.5. The molecule has 0 radical (unpaired) electrons. The van der Waals surface area contributed by atoms with E-state index in [0.717, 1.165) is 25.2 Å². The maximum Gasteiger partial charge on any atom is 0.224 e. The highest BCUT2D eigenvalue weighted by molar-refractivity contribution is 7.99. The second-order valence-corrected chi connectivity index (χ2v) is 9.05. The monoisotopic (exact) mass is 447 g/mol. The van der Waals surface area contributed by atoms with Gasteiger partial charge in [-0.2, -0.15) is 11.8 Å². The van der Waals surface area contributed by atoms with Crippen molar-refractivity contribution in [3.63, 3.8) is 0 Å². The molecule has 0 aromatic heterocycles. The molecule has 2 aliphatic rings. The standard InChI is InChI=1S/C21H33N3OS.2ClH/c1-17(19(22)18-8-4-2-5-9-18)20(25)23-16-21(10-6-3-7-11-21)24-12-14-26-15-13-24;;/h2,4-5,8-9,17,19H,3,6-7,10-16,22H2,1H3,(H,23,25);2*1H. The average Bonchev–Trinajstić information content (AvgIpc) is 2.73. The average molecular weight is 449 g/mol. The molecule has 1 aliphatic carbocycles. The van der Waals surface area contributed by atoms with E-state index < -0.39 is 0 Å². The van der Waals surface area contributed by atoms with E-state index in [0.29, 0.717) is 0 Å². The van der Waals surface area contributed by atoms with Crippen LogP contribution >= 0.6 is 36.6 Å². The third kappa shape index (κ3) is 6.27. The number of amides is 1. The first-order valence-electron chi connectivity index (χ1n) is 10.0. The molecular weight excluding hydrogens is 413 g/mol. The van der Waals surface area contributed by atoms with E-state index in [2.05, 4.69) is 10.2 Å². The zero-order valence-corrected chi connectivity index (χ0v) is 19.2. The molecule has 1 aromatic rings. The fourth-order valence-electron chi connectivity index (χ4n) is 4.39. The maximum absolute atomic E-state index is 12.8. The summed E-state index contributed by atoms with van der Waals surface area (Å²) in [6.45, 7) is 5.01. The Morgan fingerprint density at radius 3 is 2.36 bits per heavy atom. The minimum absolute atomic E-state index is 0. The molecule has 2 atom stereocenters. The van der Waals surface area contributed by atoms with E-state index in [-0.39, 0.29) is 48.2 Å². The number of benzene rings is 1. The van der Waals surface area contributed by atoms with Gasteiger partial charge in [0.2, 0.25) is 5.91 Å². The molecule has 0 spiro atoms. The van der Waals surface area contributed by atoms with Crippen molar-refractivity contribution in [3.05, 3.63) is 35.9 Å². The van der Waals surface area contributed by atoms with Crippen LogP contribution in [0, 0.1) is 5.92 Å². The third-order valence-electron chi connectivity index (χ3n) is 6.19. The van der Waals surface area contributed by atoms with Crippen LogP contribution in [0.1, 0.15) is 50.6 Å². The first-order valence-corrected chi connectivity index (χ1v) is 11.2. The summed E-state index contributed by atoms with van der Waals surface area (Å²) in [7, 11) is 0. The maximum atomic E-state index is 12.8. The van der Waals surface area contributed by atoms with Gasteiger partial charge in [-0.05, 0) is 18.4 Å². The number of hydrogen-bond donors (Lipinski definition) is 2. The minimum atomic E-state index is -0.259. The fraction of sp³-hybridized carbons (Fsp3) is 0.667. The number of carbonyl (C=O) groups excluding carboxylic acids is 1. The van der Waals surface area contributed by atoms with Crippen molar-refractivity contribution in [2.75, 3.05) is 31.1 Å². The van der Waals surface area contributed by atoms with E-state index in [4.69, 9.17) is 5.73 Å². The van der Waals surface area contributed by atoms with Crippen LogP contribution in [0.4, 0.5) is 0 Å². The van der Waals surface area contributed by atoms with Crippen molar-refractivity contribution in [3.8, 4) is 0 Å². The molecule has 1 aromatic carbocycles. The molecule has 2 unspecified atom stereocenters. The van der Waals surface area contributed by atoms with Crippen LogP contribution in [-0.2, 0) is 4.79 Å². The number of rotatable bonds is 6. The molecule has 1 amide bonds. The summed E-state index contributed by atoms with van der Waals surface area (Å²) in [5, 5.41) is 3.27. The van der Waals surface area contributed by atoms with Crippen molar-refractivity contribution >= 4 is 42.5 Å². The first-order chi connectivity index (χ1) is 12.6. The molecule has 28 heavy (non-hydrogen) atoms. The van der Waals surface area contributed by atoms with Crippen molar-refractivity contribution in [1.29, 1.82) is 0 Å². The largest absolute Gasteiger partial charge is 0.354 e. The highest BCUT2D eigenvalue weighted by Crippen LogP contribution is 2.35. The molecule has 1 heterocycles. The second-order valence-electron chi connectivity index (χ2n) is 7.83. The molecule has 3 N–H and O–H groups in total. The SMILES string of the molecule is CC(C(=O)NCC1(N2CCSCC2)CCCCC1)C(N)c1ccccc1.Cl.Cl. The smallest absolute Gasteiger partial charge is 0.224 e. The molecule has 1 aliphatic heterocycles. The Balaban J connectivity index is 0.00000196. The number of thioether (sulfide) groups is 1. The Bertz CT molecular complexity index is 578. The van der Waals surface area contributed by atoms with Gasteiger partial charge in [0.15, 0.2) is 0 Å². The molecule has 1 saturated carbocycles. The van der Waals surface area contributed by atoms with Gasteiger partial charge in [-0.1, -0.05) is 56.5 Å². The molecule has 3 rings (SSSR count). The van der Waals surface area contributed by atoms with Gasteiger partial charge in [-0.3, -0.25) is 9.69 Å². The number of nitrogens with one attached hydrogen (secondary N) is 1. The number of halogens is 2. The topological polar surface area (TPSA) is 58.4 Å². The van der Waals surface area contributed by atoms with Gasteiger partial charge in [-0.15, -0.1) is 24.8 Å². The summed E-state index contributed by atoms with van der Waals surface area (Å²) in [6.07, 6.45) is 6.29. The van der Waals surface area contributed by atoms with Gasteiger partial charge in [0.25, 0.3) is 0 Å². The molecule has 4 nitrogen and oxygen atoms in total. The first kappa shape index (κ1) is 25.6. The number of nitrogens with two attached hydrogens (primary N) is 1. The highest BCUT2D eigenvalue weighted by atomic mass is 35.5. The zero-order valence-electron chi connectivity index (χ0n) is 16.8.